The van der Waals surface area contributed by atoms with Crippen LogP contribution in [0.5, 0.6) is 0 Å². The van der Waals surface area contributed by atoms with Gasteiger partial charge in [-0.05, 0) is 19.3 Å². The molecule has 0 aliphatic heterocycles. The molecule has 0 amide bonds. The van der Waals surface area contributed by atoms with Crippen molar-refractivity contribution in [3.8, 4) is 0 Å². The van der Waals surface area contributed by atoms with Crippen LogP contribution in [0, 0.1) is 0 Å². The van der Waals surface area contributed by atoms with E-state index in [1.807, 2.05) is 0 Å². The molecular formula is C52H100O6. The van der Waals surface area contributed by atoms with Gasteiger partial charge in [-0.2, -0.15) is 0 Å². The van der Waals surface area contributed by atoms with Crippen molar-refractivity contribution in [3.05, 3.63) is 0 Å². The van der Waals surface area contributed by atoms with E-state index in [1.165, 1.54) is 199 Å². The molecule has 6 heteroatoms. The fourth-order valence-electron chi connectivity index (χ4n) is 7.92. The van der Waals surface area contributed by atoms with Gasteiger partial charge in [-0.25, -0.2) is 0 Å². The molecule has 0 saturated heterocycles. The molecular weight excluding hydrogens is 721 g/mol. The lowest BCUT2D eigenvalue weighted by Gasteiger charge is -2.18. The summed E-state index contributed by atoms with van der Waals surface area (Å²) in [5.74, 6) is -0.841. The normalized spacial score (nSPS) is 11.8. The maximum absolute atomic E-state index is 12.8. The molecule has 0 bridgehead atoms. The van der Waals surface area contributed by atoms with Crippen LogP contribution < -0.4 is 0 Å². The minimum Gasteiger partial charge on any atom is -0.462 e. The average molecular weight is 821 g/mol. The van der Waals surface area contributed by atoms with Crippen molar-refractivity contribution in [1.82, 2.24) is 0 Å². The highest BCUT2D eigenvalue weighted by atomic mass is 16.6. The summed E-state index contributed by atoms with van der Waals surface area (Å²) in [6.45, 7) is 6.67. The van der Waals surface area contributed by atoms with Crippen LogP contribution in [0.4, 0.5) is 0 Å². The van der Waals surface area contributed by atoms with E-state index >= 15 is 0 Å². The molecule has 344 valence electrons. The summed E-state index contributed by atoms with van der Waals surface area (Å²) in [5, 5.41) is 0. The second-order valence-electron chi connectivity index (χ2n) is 17.8. The number of esters is 3. The van der Waals surface area contributed by atoms with Crippen LogP contribution in [-0.2, 0) is 28.6 Å². The largest absolute Gasteiger partial charge is 0.462 e. The van der Waals surface area contributed by atoms with Gasteiger partial charge in [-0.1, -0.05) is 258 Å². The van der Waals surface area contributed by atoms with Gasteiger partial charge in [-0.15, -0.1) is 0 Å². The number of hydrogen-bond donors (Lipinski definition) is 0. The number of ether oxygens (including phenoxy) is 3. The van der Waals surface area contributed by atoms with Crippen LogP contribution in [0.1, 0.15) is 297 Å². The molecule has 0 aliphatic rings. The third kappa shape index (κ3) is 45.5. The summed E-state index contributed by atoms with van der Waals surface area (Å²) >= 11 is 0. The molecule has 0 N–H and O–H groups in total. The van der Waals surface area contributed by atoms with Gasteiger partial charge in [0.05, 0.1) is 0 Å². The molecule has 0 radical (unpaired) electrons. The summed E-state index contributed by atoms with van der Waals surface area (Å²) in [6.07, 6.45) is 50.8. The third-order valence-electron chi connectivity index (χ3n) is 11.9. The van der Waals surface area contributed by atoms with E-state index < -0.39 is 6.10 Å². The maximum Gasteiger partial charge on any atom is 0.306 e. The molecule has 0 aliphatic carbocycles. The average Bonchev–Trinajstić information content (AvgIpc) is 3.22. The highest BCUT2D eigenvalue weighted by Gasteiger charge is 2.19. The third-order valence-corrected chi connectivity index (χ3v) is 11.9. The number of rotatable bonds is 48. The van der Waals surface area contributed by atoms with Crippen molar-refractivity contribution in [2.24, 2.45) is 0 Å². The Hall–Kier alpha value is -1.59. The monoisotopic (exact) mass is 821 g/mol. The first-order valence-corrected chi connectivity index (χ1v) is 26.0. The molecule has 6 nitrogen and oxygen atoms in total. The van der Waals surface area contributed by atoms with Crippen molar-refractivity contribution in [3.63, 3.8) is 0 Å². The van der Waals surface area contributed by atoms with Gasteiger partial charge in [0.15, 0.2) is 6.10 Å². The summed E-state index contributed by atoms with van der Waals surface area (Å²) in [4.78, 5) is 37.9. The molecule has 0 saturated carbocycles. The van der Waals surface area contributed by atoms with Gasteiger partial charge in [-0.3, -0.25) is 14.4 Å². The quantitative estimate of drug-likeness (QED) is 0.0346. The first-order valence-electron chi connectivity index (χ1n) is 26.0. The van der Waals surface area contributed by atoms with Crippen LogP contribution >= 0.6 is 0 Å². The van der Waals surface area contributed by atoms with E-state index in [-0.39, 0.29) is 31.1 Å². The van der Waals surface area contributed by atoms with Gasteiger partial charge >= 0.3 is 17.9 Å². The first-order chi connectivity index (χ1) is 28.5. The van der Waals surface area contributed by atoms with Gasteiger partial charge < -0.3 is 14.2 Å². The minimum atomic E-state index is -0.759. The lowest BCUT2D eigenvalue weighted by Crippen LogP contribution is -2.30. The second-order valence-corrected chi connectivity index (χ2v) is 17.8. The summed E-state index contributed by atoms with van der Waals surface area (Å²) in [5.41, 5.74) is 0. The fourth-order valence-corrected chi connectivity index (χ4v) is 7.92. The van der Waals surface area contributed by atoms with Gasteiger partial charge in [0, 0.05) is 19.3 Å². The number of carbonyl (C=O) groups is 3. The van der Waals surface area contributed by atoms with Crippen molar-refractivity contribution in [2.45, 2.75) is 303 Å². The zero-order valence-corrected chi connectivity index (χ0v) is 39.3. The van der Waals surface area contributed by atoms with Crippen molar-refractivity contribution in [1.29, 1.82) is 0 Å². The van der Waals surface area contributed by atoms with Gasteiger partial charge in [0.25, 0.3) is 0 Å². The summed E-state index contributed by atoms with van der Waals surface area (Å²) < 4.78 is 16.8. The topological polar surface area (TPSA) is 78.9 Å². The number of carbonyl (C=O) groups excluding carboxylic acids is 3. The fraction of sp³-hybridized carbons (Fsp3) is 0.942. The second kappa shape index (κ2) is 48.1. The van der Waals surface area contributed by atoms with Crippen LogP contribution in [0.15, 0.2) is 0 Å². The molecule has 0 aromatic heterocycles. The lowest BCUT2D eigenvalue weighted by atomic mass is 10.0. The highest BCUT2D eigenvalue weighted by Crippen LogP contribution is 2.17. The molecule has 0 fully saturated rings. The Labute approximate surface area is 361 Å². The Kier molecular flexibility index (Phi) is 46.8. The van der Waals surface area contributed by atoms with Crippen LogP contribution in [0.2, 0.25) is 0 Å². The standard InChI is InChI=1S/C52H100O6/c1-4-7-10-13-16-19-22-24-25-26-28-30-33-36-39-42-45-51(54)57-48-49(47-56-50(53)44-41-38-35-32-29-21-18-15-12-9-6-3)58-52(55)46-43-40-37-34-31-27-23-20-17-14-11-8-5-2/h49H,4-48H2,1-3H3/t49-/m1/s1. The zero-order chi connectivity index (χ0) is 42.3. The molecule has 0 aromatic rings. The molecule has 0 heterocycles. The SMILES string of the molecule is CCCCCCCCCCCCCCCCCCC(=O)OC[C@@H](COC(=O)CCCCCCCCCCCCC)OC(=O)CCCCCCCCCCCCCCC. The Morgan fingerprint density at radius 2 is 0.466 bits per heavy atom. The van der Waals surface area contributed by atoms with E-state index in [0.717, 1.165) is 57.8 Å². The molecule has 58 heavy (non-hydrogen) atoms. The Balaban J connectivity index is 4.28. The molecule has 0 spiro atoms. The van der Waals surface area contributed by atoms with Crippen LogP contribution in [0.25, 0.3) is 0 Å². The minimum absolute atomic E-state index is 0.0617. The maximum atomic E-state index is 12.8. The van der Waals surface area contributed by atoms with Crippen molar-refractivity contribution in [2.75, 3.05) is 13.2 Å². The van der Waals surface area contributed by atoms with E-state index in [4.69, 9.17) is 14.2 Å². The van der Waals surface area contributed by atoms with Gasteiger partial charge in [0.2, 0.25) is 0 Å². The van der Waals surface area contributed by atoms with E-state index in [9.17, 15) is 14.4 Å². The van der Waals surface area contributed by atoms with E-state index in [0.29, 0.717) is 19.3 Å². The summed E-state index contributed by atoms with van der Waals surface area (Å²) in [7, 11) is 0. The van der Waals surface area contributed by atoms with Crippen molar-refractivity contribution < 1.29 is 28.6 Å². The number of hydrogen-bond acceptors (Lipinski definition) is 6. The summed E-state index contributed by atoms with van der Waals surface area (Å²) in [6, 6.07) is 0. The molecule has 0 aromatic carbocycles. The molecule has 1 atom stereocenters. The van der Waals surface area contributed by atoms with E-state index in [2.05, 4.69) is 20.8 Å². The Bertz CT molecular complexity index is 859. The smallest absolute Gasteiger partial charge is 0.306 e. The molecule has 0 unspecified atom stereocenters. The Morgan fingerprint density at radius 1 is 0.276 bits per heavy atom. The zero-order valence-electron chi connectivity index (χ0n) is 39.3. The number of unbranched alkanes of at least 4 members (excludes halogenated alkanes) is 37. The van der Waals surface area contributed by atoms with Crippen molar-refractivity contribution >= 4 is 17.9 Å². The molecule has 0 rings (SSSR count). The van der Waals surface area contributed by atoms with Crippen LogP contribution in [0.3, 0.4) is 0 Å². The predicted octanol–water partition coefficient (Wildman–Crippen LogP) is 16.8. The lowest BCUT2D eigenvalue weighted by molar-refractivity contribution is -0.167. The first kappa shape index (κ1) is 56.4. The highest BCUT2D eigenvalue weighted by molar-refractivity contribution is 5.71. The van der Waals surface area contributed by atoms with E-state index in [1.54, 1.807) is 0 Å². The Morgan fingerprint density at radius 3 is 0.690 bits per heavy atom. The van der Waals surface area contributed by atoms with Gasteiger partial charge in [0.1, 0.15) is 13.2 Å². The predicted molar refractivity (Wildman–Crippen MR) is 247 cm³/mol. The van der Waals surface area contributed by atoms with Crippen LogP contribution in [-0.4, -0.2) is 37.2 Å².